The zero-order valence-electron chi connectivity index (χ0n) is 14.5. The molecule has 0 saturated heterocycles. The molecule has 0 saturated carbocycles. The van der Waals surface area contributed by atoms with Crippen LogP contribution in [0.15, 0.2) is 73.2 Å². The van der Waals surface area contributed by atoms with Crippen LogP contribution in [0.1, 0.15) is 29.2 Å². The van der Waals surface area contributed by atoms with Crippen molar-refractivity contribution in [2.45, 2.75) is 18.9 Å². The van der Waals surface area contributed by atoms with Gasteiger partial charge in [0.05, 0.1) is 12.2 Å². The summed E-state index contributed by atoms with van der Waals surface area (Å²) in [6.07, 6.45) is 3.51. The average molecular weight is 366 g/mol. The highest BCUT2D eigenvalue weighted by Crippen LogP contribution is 2.33. The van der Waals surface area contributed by atoms with Crippen molar-refractivity contribution in [3.63, 3.8) is 0 Å². The van der Waals surface area contributed by atoms with Crippen molar-refractivity contribution < 1.29 is 4.79 Å². The maximum atomic E-state index is 12.9. The van der Waals surface area contributed by atoms with Gasteiger partial charge in [-0.25, -0.2) is 9.97 Å². The Hall–Kier alpha value is -2.72. The molecule has 5 heteroatoms. The zero-order valence-corrected chi connectivity index (χ0v) is 15.3. The van der Waals surface area contributed by atoms with Crippen LogP contribution in [0.3, 0.4) is 0 Å². The highest BCUT2D eigenvalue weighted by Gasteiger charge is 2.22. The first-order valence-corrected chi connectivity index (χ1v) is 8.81. The van der Waals surface area contributed by atoms with Gasteiger partial charge in [0.25, 0.3) is 0 Å². The van der Waals surface area contributed by atoms with Gasteiger partial charge in [-0.05, 0) is 23.3 Å². The maximum absolute atomic E-state index is 12.9. The molecule has 0 aliphatic carbocycles. The molecular formula is C21H20ClN3O. The number of rotatable bonds is 6. The lowest BCUT2D eigenvalue weighted by molar-refractivity contribution is -0.130. The molecule has 1 aromatic heterocycles. The van der Waals surface area contributed by atoms with Crippen molar-refractivity contribution in [1.82, 2.24) is 14.9 Å². The number of carbonyl (C=O) groups excluding carboxylic acids is 1. The average Bonchev–Trinajstić information content (AvgIpc) is 2.68. The number of carbonyl (C=O) groups is 1. The predicted molar refractivity (Wildman–Crippen MR) is 103 cm³/mol. The third kappa shape index (κ3) is 4.46. The van der Waals surface area contributed by atoms with E-state index in [-0.39, 0.29) is 11.8 Å². The standard InChI is InChI=1S/C21H20ClN3O/c1-25(14-17-11-12-23-15-24-17)21(26)13-19(16-7-3-2-4-8-16)18-9-5-6-10-20(18)22/h2-12,15,19H,13-14H2,1H3/t19-/m0/s1. The lowest BCUT2D eigenvalue weighted by Crippen LogP contribution is -2.28. The predicted octanol–water partition coefficient (Wildman–Crippen LogP) is 4.31. The van der Waals surface area contributed by atoms with Crippen LogP contribution in [0.4, 0.5) is 0 Å². The molecule has 0 unspecified atom stereocenters. The third-order valence-corrected chi connectivity index (χ3v) is 4.67. The highest BCUT2D eigenvalue weighted by molar-refractivity contribution is 6.31. The van der Waals surface area contributed by atoms with Crippen LogP contribution >= 0.6 is 11.6 Å². The first-order chi connectivity index (χ1) is 12.6. The fraction of sp³-hybridized carbons (Fsp3) is 0.190. The number of aromatic nitrogens is 2. The first kappa shape index (κ1) is 18.1. The van der Waals surface area contributed by atoms with Crippen molar-refractivity contribution in [3.05, 3.63) is 95.0 Å². The van der Waals surface area contributed by atoms with Crippen LogP contribution in [-0.2, 0) is 11.3 Å². The normalized spacial score (nSPS) is 11.8. The second-order valence-corrected chi connectivity index (χ2v) is 6.55. The minimum atomic E-state index is -0.0924. The van der Waals surface area contributed by atoms with Gasteiger partial charge in [-0.15, -0.1) is 0 Å². The van der Waals surface area contributed by atoms with E-state index < -0.39 is 0 Å². The number of amides is 1. The molecule has 0 aliphatic rings. The molecular weight excluding hydrogens is 346 g/mol. The van der Waals surface area contributed by atoms with Crippen LogP contribution in [-0.4, -0.2) is 27.8 Å². The highest BCUT2D eigenvalue weighted by atomic mass is 35.5. The van der Waals surface area contributed by atoms with Gasteiger partial charge in [-0.3, -0.25) is 4.79 Å². The van der Waals surface area contributed by atoms with Gasteiger partial charge >= 0.3 is 0 Å². The van der Waals surface area contributed by atoms with E-state index in [9.17, 15) is 4.79 Å². The quantitative estimate of drug-likeness (QED) is 0.653. The Morgan fingerprint density at radius 1 is 1.08 bits per heavy atom. The summed E-state index contributed by atoms with van der Waals surface area (Å²) in [5.41, 5.74) is 2.85. The van der Waals surface area contributed by atoms with Gasteiger partial charge in [0.2, 0.25) is 5.91 Å². The molecule has 0 aliphatic heterocycles. The Labute approximate surface area is 158 Å². The van der Waals surface area contributed by atoms with E-state index in [2.05, 4.69) is 9.97 Å². The summed E-state index contributed by atoms with van der Waals surface area (Å²) in [6.45, 7) is 0.450. The molecule has 0 bridgehead atoms. The van der Waals surface area contributed by atoms with Gasteiger partial charge in [-0.1, -0.05) is 60.1 Å². The summed E-state index contributed by atoms with van der Waals surface area (Å²) >= 11 is 6.42. The van der Waals surface area contributed by atoms with Crippen molar-refractivity contribution in [1.29, 1.82) is 0 Å². The van der Waals surface area contributed by atoms with Crippen molar-refractivity contribution in [3.8, 4) is 0 Å². The fourth-order valence-corrected chi connectivity index (χ4v) is 3.19. The molecule has 2 aromatic carbocycles. The SMILES string of the molecule is CN(Cc1ccncn1)C(=O)C[C@@H](c1ccccc1)c1ccccc1Cl. The van der Waals surface area contributed by atoms with Crippen molar-refractivity contribution >= 4 is 17.5 Å². The lowest BCUT2D eigenvalue weighted by atomic mass is 9.88. The molecule has 3 rings (SSSR count). The summed E-state index contributed by atoms with van der Waals surface area (Å²) in [4.78, 5) is 22.6. The second kappa shape index (κ2) is 8.59. The molecule has 0 N–H and O–H groups in total. The Balaban J connectivity index is 1.82. The number of halogens is 1. The van der Waals surface area contributed by atoms with Crippen LogP contribution < -0.4 is 0 Å². The van der Waals surface area contributed by atoms with Crippen molar-refractivity contribution in [2.75, 3.05) is 7.05 Å². The molecule has 26 heavy (non-hydrogen) atoms. The second-order valence-electron chi connectivity index (χ2n) is 6.14. The van der Waals surface area contributed by atoms with Gasteiger partial charge < -0.3 is 4.90 Å². The van der Waals surface area contributed by atoms with E-state index in [4.69, 9.17) is 11.6 Å². The van der Waals surface area contributed by atoms with Gasteiger partial charge in [0, 0.05) is 30.6 Å². The number of hydrogen-bond acceptors (Lipinski definition) is 3. The molecule has 132 valence electrons. The van der Waals surface area contributed by atoms with Gasteiger partial charge in [-0.2, -0.15) is 0 Å². The molecule has 3 aromatic rings. The lowest BCUT2D eigenvalue weighted by Gasteiger charge is -2.23. The number of hydrogen-bond donors (Lipinski definition) is 0. The minimum Gasteiger partial charge on any atom is -0.340 e. The number of benzene rings is 2. The van der Waals surface area contributed by atoms with E-state index in [0.29, 0.717) is 18.0 Å². The fourth-order valence-electron chi connectivity index (χ4n) is 2.92. The Morgan fingerprint density at radius 2 is 1.81 bits per heavy atom. The van der Waals surface area contributed by atoms with Crippen LogP contribution in [0.25, 0.3) is 0 Å². The molecule has 1 heterocycles. The molecule has 0 spiro atoms. The van der Waals surface area contributed by atoms with Crippen LogP contribution in [0.5, 0.6) is 0 Å². The summed E-state index contributed by atoms with van der Waals surface area (Å²) in [5.74, 6) is -0.0531. The maximum Gasteiger partial charge on any atom is 0.223 e. The molecule has 1 amide bonds. The van der Waals surface area contributed by atoms with Crippen LogP contribution in [0, 0.1) is 0 Å². The smallest absolute Gasteiger partial charge is 0.223 e. The Kier molecular flexibility index (Phi) is 5.97. The molecule has 1 atom stereocenters. The third-order valence-electron chi connectivity index (χ3n) is 4.33. The summed E-state index contributed by atoms with van der Waals surface area (Å²) < 4.78 is 0. The first-order valence-electron chi connectivity index (χ1n) is 8.43. The monoisotopic (exact) mass is 365 g/mol. The molecule has 0 radical (unpaired) electrons. The Bertz CT molecular complexity index is 855. The van der Waals surface area contributed by atoms with Gasteiger partial charge in [0.15, 0.2) is 0 Å². The molecule has 0 fully saturated rings. The summed E-state index contributed by atoms with van der Waals surface area (Å²) in [5, 5.41) is 0.674. The van der Waals surface area contributed by atoms with E-state index in [1.807, 2.05) is 60.7 Å². The summed E-state index contributed by atoms with van der Waals surface area (Å²) in [7, 11) is 1.79. The number of nitrogens with zero attached hydrogens (tertiary/aromatic N) is 3. The zero-order chi connectivity index (χ0) is 18.4. The van der Waals surface area contributed by atoms with Crippen LogP contribution in [0.2, 0.25) is 5.02 Å². The molecule has 4 nitrogen and oxygen atoms in total. The topological polar surface area (TPSA) is 46.1 Å². The van der Waals surface area contributed by atoms with E-state index in [1.165, 1.54) is 6.33 Å². The minimum absolute atomic E-state index is 0.0392. The summed E-state index contributed by atoms with van der Waals surface area (Å²) in [6, 6.07) is 19.5. The van der Waals surface area contributed by atoms with Gasteiger partial charge in [0.1, 0.15) is 6.33 Å². The Morgan fingerprint density at radius 3 is 2.50 bits per heavy atom. The van der Waals surface area contributed by atoms with E-state index >= 15 is 0 Å². The largest absolute Gasteiger partial charge is 0.340 e. The van der Waals surface area contributed by atoms with E-state index in [1.54, 1.807) is 18.1 Å². The van der Waals surface area contributed by atoms with Crippen molar-refractivity contribution in [2.24, 2.45) is 0 Å². The van der Waals surface area contributed by atoms with E-state index in [0.717, 1.165) is 16.8 Å².